The fourth-order valence-electron chi connectivity index (χ4n) is 1.31. The maximum Gasteiger partial charge on any atom is 0.285 e. The van der Waals surface area contributed by atoms with Crippen LogP contribution in [0.4, 0.5) is 8.78 Å². The van der Waals surface area contributed by atoms with Gasteiger partial charge in [-0.25, -0.2) is 0 Å². The number of hydrogen-bond acceptors (Lipinski definition) is 1. The molecule has 4 heteroatoms. The lowest BCUT2D eigenvalue weighted by molar-refractivity contribution is -0.00351. The zero-order valence-corrected chi connectivity index (χ0v) is 9.98. The van der Waals surface area contributed by atoms with E-state index in [2.05, 4.69) is 5.32 Å². The van der Waals surface area contributed by atoms with Gasteiger partial charge in [-0.1, -0.05) is 37.3 Å². The lowest BCUT2D eigenvalue weighted by atomic mass is 10.1. The van der Waals surface area contributed by atoms with Crippen molar-refractivity contribution in [1.82, 2.24) is 5.32 Å². The number of benzene rings is 1. The number of alkyl halides is 3. The Kier molecular flexibility index (Phi) is 5.16. The second kappa shape index (κ2) is 6.16. The van der Waals surface area contributed by atoms with Crippen molar-refractivity contribution in [3.8, 4) is 0 Å². The summed E-state index contributed by atoms with van der Waals surface area (Å²) < 4.78 is 27.2. The number of hydrogen-bond donors (Lipinski definition) is 1. The van der Waals surface area contributed by atoms with Gasteiger partial charge in [0.2, 0.25) is 0 Å². The molecule has 1 N–H and O–H groups in total. The summed E-state index contributed by atoms with van der Waals surface area (Å²) in [4.78, 5) is 0. The van der Waals surface area contributed by atoms with Crippen LogP contribution in [0.2, 0.25) is 0 Å². The number of rotatable bonds is 6. The van der Waals surface area contributed by atoms with E-state index in [1.54, 1.807) is 18.2 Å². The smallest absolute Gasteiger partial charge is 0.285 e. The quantitative estimate of drug-likeness (QED) is 0.761. The monoisotopic (exact) mass is 247 g/mol. The highest BCUT2D eigenvalue weighted by molar-refractivity contribution is 6.18. The van der Waals surface area contributed by atoms with E-state index in [9.17, 15) is 8.78 Å². The highest BCUT2D eigenvalue weighted by Gasteiger charge is 2.30. The highest BCUT2D eigenvalue weighted by atomic mass is 35.5. The first-order valence-corrected chi connectivity index (χ1v) is 5.79. The standard InChI is InChI=1S/C12H16ClF2N/c1-10(7-13)8-16-9-12(14,15)11-5-3-2-4-6-11/h2-6,10,16H,7-9H2,1H3. The summed E-state index contributed by atoms with van der Waals surface area (Å²) in [5.74, 6) is -2.15. The van der Waals surface area contributed by atoms with Crippen molar-refractivity contribution < 1.29 is 8.78 Å². The Morgan fingerprint density at radius 1 is 1.31 bits per heavy atom. The third-order valence-electron chi connectivity index (χ3n) is 2.30. The van der Waals surface area contributed by atoms with Gasteiger partial charge in [0, 0.05) is 11.4 Å². The van der Waals surface area contributed by atoms with Gasteiger partial charge in [-0.05, 0) is 12.5 Å². The van der Waals surface area contributed by atoms with Gasteiger partial charge in [0.15, 0.2) is 0 Å². The van der Waals surface area contributed by atoms with Crippen LogP contribution in [-0.2, 0) is 5.92 Å². The van der Waals surface area contributed by atoms with Crippen molar-refractivity contribution in [3.63, 3.8) is 0 Å². The van der Waals surface area contributed by atoms with E-state index in [0.717, 1.165) is 0 Å². The SMILES string of the molecule is CC(CCl)CNCC(F)(F)c1ccccc1. The van der Waals surface area contributed by atoms with Crippen LogP contribution in [0.5, 0.6) is 0 Å². The molecule has 1 aromatic carbocycles. The van der Waals surface area contributed by atoms with E-state index < -0.39 is 5.92 Å². The number of nitrogens with one attached hydrogen (secondary N) is 1. The van der Waals surface area contributed by atoms with Gasteiger partial charge in [-0.15, -0.1) is 11.6 Å². The van der Waals surface area contributed by atoms with E-state index in [1.807, 2.05) is 6.92 Å². The summed E-state index contributed by atoms with van der Waals surface area (Å²) in [5.41, 5.74) is 0.0426. The molecule has 1 rings (SSSR count). The lowest BCUT2D eigenvalue weighted by Gasteiger charge is -2.18. The van der Waals surface area contributed by atoms with Gasteiger partial charge >= 0.3 is 0 Å². The van der Waals surface area contributed by atoms with Gasteiger partial charge < -0.3 is 5.32 Å². The Morgan fingerprint density at radius 3 is 2.50 bits per heavy atom. The molecule has 1 unspecified atom stereocenters. The summed E-state index contributed by atoms with van der Waals surface area (Å²) in [6.07, 6.45) is 0. The molecule has 0 amide bonds. The molecule has 0 bridgehead atoms. The van der Waals surface area contributed by atoms with Crippen molar-refractivity contribution in [2.45, 2.75) is 12.8 Å². The Morgan fingerprint density at radius 2 is 1.94 bits per heavy atom. The van der Waals surface area contributed by atoms with Crippen LogP contribution >= 0.6 is 11.6 Å². The van der Waals surface area contributed by atoms with Crippen LogP contribution in [0, 0.1) is 5.92 Å². The van der Waals surface area contributed by atoms with Gasteiger partial charge in [0.1, 0.15) is 0 Å². The zero-order valence-electron chi connectivity index (χ0n) is 9.22. The average Bonchev–Trinajstić information content (AvgIpc) is 2.30. The van der Waals surface area contributed by atoms with Crippen molar-refractivity contribution in [1.29, 1.82) is 0 Å². The Balaban J connectivity index is 2.46. The van der Waals surface area contributed by atoms with E-state index in [-0.39, 0.29) is 18.0 Å². The van der Waals surface area contributed by atoms with Crippen LogP contribution in [-0.4, -0.2) is 19.0 Å². The molecule has 0 aromatic heterocycles. The minimum atomic E-state index is -2.83. The molecule has 0 aliphatic rings. The molecule has 0 spiro atoms. The van der Waals surface area contributed by atoms with Crippen LogP contribution in [0.15, 0.2) is 30.3 Å². The highest BCUT2D eigenvalue weighted by Crippen LogP contribution is 2.26. The molecule has 1 aromatic rings. The first-order valence-electron chi connectivity index (χ1n) is 5.26. The molecule has 0 heterocycles. The number of halogens is 3. The van der Waals surface area contributed by atoms with Gasteiger partial charge in [-0.3, -0.25) is 0 Å². The summed E-state index contributed by atoms with van der Waals surface area (Å²) in [6.45, 7) is 2.07. The Labute approximate surface area is 99.8 Å². The van der Waals surface area contributed by atoms with Crippen LogP contribution in [0.25, 0.3) is 0 Å². The van der Waals surface area contributed by atoms with Gasteiger partial charge in [0.25, 0.3) is 5.92 Å². The normalized spacial score (nSPS) is 13.8. The van der Waals surface area contributed by atoms with Crippen molar-refractivity contribution in [2.75, 3.05) is 19.0 Å². The molecular weight excluding hydrogens is 232 g/mol. The summed E-state index contributed by atoms with van der Waals surface area (Å²) in [5, 5.41) is 2.74. The first-order chi connectivity index (χ1) is 7.56. The zero-order chi connectivity index (χ0) is 12.0. The van der Waals surface area contributed by atoms with Gasteiger partial charge in [-0.2, -0.15) is 8.78 Å². The molecular formula is C12H16ClF2N. The summed E-state index contributed by atoms with van der Waals surface area (Å²) >= 11 is 5.59. The van der Waals surface area contributed by atoms with E-state index in [1.165, 1.54) is 12.1 Å². The fourth-order valence-corrected chi connectivity index (χ4v) is 1.42. The molecule has 1 atom stereocenters. The third kappa shape index (κ3) is 4.06. The first kappa shape index (κ1) is 13.4. The fraction of sp³-hybridized carbons (Fsp3) is 0.500. The second-order valence-electron chi connectivity index (χ2n) is 3.96. The molecule has 0 aliphatic heterocycles. The minimum Gasteiger partial charge on any atom is -0.311 e. The molecule has 0 fully saturated rings. The van der Waals surface area contributed by atoms with Crippen LogP contribution in [0.3, 0.4) is 0 Å². The second-order valence-corrected chi connectivity index (χ2v) is 4.27. The molecule has 0 saturated heterocycles. The molecule has 1 nitrogen and oxygen atoms in total. The van der Waals surface area contributed by atoms with E-state index in [0.29, 0.717) is 12.4 Å². The van der Waals surface area contributed by atoms with Crippen molar-refractivity contribution in [2.24, 2.45) is 5.92 Å². The summed E-state index contributed by atoms with van der Waals surface area (Å²) in [7, 11) is 0. The van der Waals surface area contributed by atoms with Gasteiger partial charge in [0.05, 0.1) is 6.54 Å². The molecule has 16 heavy (non-hydrogen) atoms. The average molecular weight is 248 g/mol. The maximum atomic E-state index is 13.6. The van der Waals surface area contributed by atoms with Crippen molar-refractivity contribution in [3.05, 3.63) is 35.9 Å². The Hall–Kier alpha value is -0.670. The summed E-state index contributed by atoms with van der Waals surface area (Å²) in [6, 6.07) is 7.83. The predicted octanol–water partition coefficient (Wildman–Crippen LogP) is 3.24. The van der Waals surface area contributed by atoms with Crippen molar-refractivity contribution >= 4 is 11.6 Å². The third-order valence-corrected chi connectivity index (χ3v) is 2.83. The van der Waals surface area contributed by atoms with Crippen LogP contribution in [0.1, 0.15) is 12.5 Å². The Bertz CT molecular complexity index is 303. The van der Waals surface area contributed by atoms with E-state index >= 15 is 0 Å². The van der Waals surface area contributed by atoms with Crippen LogP contribution < -0.4 is 5.32 Å². The topological polar surface area (TPSA) is 12.0 Å². The minimum absolute atomic E-state index is 0.0426. The predicted molar refractivity (Wildman–Crippen MR) is 63.1 cm³/mol. The molecule has 0 radical (unpaired) electrons. The molecule has 0 saturated carbocycles. The van der Waals surface area contributed by atoms with E-state index in [4.69, 9.17) is 11.6 Å². The molecule has 0 aliphatic carbocycles. The largest absolute Gasteiger partial charge is 0.311 e. The lowest BCUT2D eigenvalue weighted by Crippen LogP contribution is -2.33. The molecule has 90 valence electrons. The maximum absolute atomic E-state index is 13.6.